The fraction of sp³-hybridized carbons (Fsp3) is 0.565. The maximum atomic E-state index is 12.4. The van der Waals surface area contributed by atoms with E-state index in [0.717, 1.165) is 69.1 Å². The Kier molecular flexibility index (Phi) is 6.69. The maximum Gasteiger partial charge on any atom is 0.224 e. The van der Waals surface area contributed by atoms with Crippen molar-refractivity contribution in [1.82, 2.24) is 20.0 Å². The van der Waals surface area contributed by atoms with Crippen molar-refractivity contribution in [2.24, 2.45) is 0 Å². The van der Waals surface area contributed by atoms with Crippen molar-refractivity contribution >= 4 is 5.91 Å². The van der Waals surface area contributed by atoms with Crippen LogP contribution in [-0.2, 0) is 42.1 Å². The van der Waals surface area contributed by atoms with Crippen molar-refractivity contribution in [3.8, 4) is 5.75 Å². The van der Waals surface area contributed by atoms with Gasteiger partial charge in [-0.05, 0) is 37.5 Å². The third-order valence-corrected chi connectivity index (χ3v) is 6.13. The van der Waals surface area contributed by atoms with Gasteiger partial charge >= 0.3 is 0 Å². The van der Waals surface area contributed by atoms with Crippen molar-refractivity contribution < 1.29 is 14.3 Å². The molecule has 0 bridgehead atoms. The van der Waals surface area contributed by atoms with E-state index in [1.165, 1.54) is 11.3 Å². The van der Waals surface area contributed by atoms with E-state index in [1.807, 2.05) is 24.3 Å². The zero-order chi connectivity index (χ0) is 20.9. The predicted octanol–water partition coefficient (Wildman–Crippen LogP) is 2.31. The molecule has 0 radical (unpaired) electrons. The minimum absolute atomic E-state index is 0.0894. The van der Waals surface area contributed by atoms with E-state index in [9.17, 15) is 4.79 Å². The highest BCUT2D eigenvalue weighted by atomic mass is 16.5. The van der Waals surface area contributed by atoms with Crippen LogP contribution in [0.1, 0.15) is 42.3 Å². The molecule has 0 saturated carbocycles. The molecule has 0 spiro atoms. The van der Waals surface area contributed by atoms with E-state index in [1.54, 1.807) is 7.11 Å². The number of fused-ring (bicyclic) bond motifs is 1. The third-order valence-electron chi connectivity index (χ3n) is 6.13. The first-order chi connectivity index (χ1) is 14.7. The van der Waals surface area contributed by atoms with E-state index < -0.39 is 0 Å². The number of rotatable bonds is 7. The van der Waals surface area contributed by atoms with Gasteiger partial charge in [-0.25, -0.2) is 0 Å². The fourth-order valence-corrected chi connectivity index (χ4v) is 4.42. The lowest BCUT2D eigenvalue weighted by molar-refractivity contribution is -0.121. The first-order valence-corrected chi connectivity index (χ1v) is 11.0. The van der Waals surface area contributed by atoms with E-state index in [-0.39, 0.29) is 11.9 Å². The second-order valence-corrected chi connectivity index (χ2v) is 8.13. The zero-order valence-corrected chi connectivity index (χ0v) is 18.0. The molecule has 3 heterocycles. The van der Waals surface area contributed by atoms with Crippen molar-refractivity contribution in [2.45, 2.75) is 58.3 Å². The van der Waals surface area contributed by atoms with E-state index in [2.05, 4.69) is 21.8 Å². The average Bonchev–Trinajstić information content (AvgIpc) is 3.13. The molecule has 1 saturated heterocycles. The van der Waals surface area contributed by atoms with Crippen molar-refractivity contribution in [1.29, 1.82) is 0 Å². The summed E-state index contributed by atoms with van der Waals surface area (Å²) in [6.45, 7) is 7.34. The lowest BCUT2D eigenvalue weighted by atomic mass is 10.0. The summed E-state index contributed by atoms with van der Waals surface area (Å²) in [5, 5.41) is 8.05. The molecule has 2 aromatic rings. The number of aryl methyl sites for hydroxylation is 1. The predicted molar refractivity (Wildman–Crippen MR) is 114 cm³/mol. The number of ether oxygens (including phenoxy) is 2. The molecule has 7 heteroatoms. The number of methoxy groups -OCH3 is 1. The molecule has 0 aliphatic carbocycles. The topological polar surface area (TPSA) is 68.6 Å². The number of aromatic nitrogens is 2. The Balaban J connectivity index is 1.26. The molecule has 7 nitrogen and oxygen atoms in total. The number of hydrogen-bond acceptors (Lipinski definition) is 5. The first-order valence-electron chi connectivity index (χ1n) is 11.0. The van der Waals surface area contributed by atoms with Gasteiger partial charge in [0, 0.05) is 49.9 Å². The second kappa shape index (κ2) is 9.62. The summed E-state index contributed by atoms with van der Waals surface area (Å²) in [6, 6.07) is 7.93. The van der Waals surface area contributed by atoms with Crippen LogP contribution >= 0.6 is 0 Å². The Morgan fingerprint density at radius 3 is 2.73 bits per heavy atom. The standard InChI is InChI=1S/C23H32N4O3/c1-3-27-22-10-13-30-16-20(22)21(25-27)15-26-11-8-18(9-12-26)24-23(28)14-17-4-6-19(29-2)7-5-17/h4-7,18H,3,8-16H2,1-2H3,(H,24,28). The number of nitrogens with one attached hydrogen (secondary N) is 1. The van der Waals surface area contributed by atoms with Crippen molar-refractivity contribution in [3.63, 3.8) is 0 Å². The highest BCUT2D eigenvalue weighted by Crippen LogP contribution is 2.23. The third kappa shape index (κ3) is 4.84. The second-order valence-electron chi connectivity index (χ2n) is 8.13. The Hall–Kier alpha value is -2.38. The Morgan fingerprint density at radius 2 is 2.03 bits per heavy atom. The molecule has 4 rings (SSSR count). The molecule has 1 N–H and O–H groups in total. The van der Waals surface area contributed by atoms with Crippen LogP contribution in [0.15, 0.2) is 24.3 Å². The highest BCUT2D eigenvalue weighted by molar-refractivity contribution is 5.78. The molecule has 1 aromatic carbocycles. The van der Waals surface area contributed by atoms with Gasteiger partial charge in [0.25, 0.3) is 0 Å². The first kappa shape index (κ1) is 20.9. The van der Waals surface area contributed by atoms with Gasteiger partial charge in [-0.2, -0.15) is 5.10 Å². The Labute approximate surface area is 178 Å². The minimum Gasteiger partial charge on any atom is -0.497 e. The number of nitrogens with zero attached hydrogens (tertiary/aromatic N) is 3. The largest absolute Gasteiger partial charge is 0.497 e. The normalized spacial score (nSPS) is 17.5. The quantitative estimate of drug-likeness (QED) is 0.756. The zero-order valence-electron chi connectivity index (χ0n) is 18.0. The molecule has 1 aromatic heterocycles. The van der Waals surface area contributed by atoms with Crippen molar-refractivity contribution in [2.75, 3.05) is 26.8 Å². The van der Waals surface area contributed by atoms with Crippen molar-refractivity contribution in [3.05, 3.63) is 46.8 Å². The number of carbonyl (C=O) groups excluding carboxylic acids is 1. The molecule has 162 valence electrons. The maximum absolute atomic E-state index is 12.4. The van der Waals surface area contributed by atoms with Crippen LogP contribution < -0.4 is 10.1 Å². The molecule has 2 aliphatic rings. The molecule has 30 heavy (non-hydrogen) atoms. The average molecular weight is 413 g/mol. The van der Waals surface area contributed by atoms with Crippen LogP contribution in [0.2, 0.25) is 0 Å². The van der Waals surface area contributed by atoms with Gasteiger partial charge in [-0.15, -0.1) is 0 Å². The number of likely N-dealkylation sites (tertiary alicyclic amines) is 1. The summed E-state index contributed by atoms with van der Waals surface area (Å²) in [5.74, 6) is 0.898. The highest BCUT2D eigenvalue weighted by Gasteiger charge is 2.25. The molecule has 2 aliphatic heterocycles. The van der Waals surface area contributed by atoms with Gasteiger partial charge in [0.2, 0.25) is 5.91 Å². The van der Waals surface area contributed by atoms with Gasteiger partial charge in [-0.1, -0.05) is 12.1 Å². The Morgan fingerprint density at radius 1 is 1.27 bits per heavy atom. The SMILES string of the molecule is CCn1nc(CN2CCC(NC(=O)Cc3ccc(OC)cc3)CC2)c2c1CCOC2. The van der Waals surface area contributed by atoms with Gasteiger partial charge < -0.3 is 14.8 Å². The van der Waals surface area contributed by atoms with Gasteiger partial charge in [-0.3, -0.25) is 14.4 Å². The van der Waals surface area contributed by atoms with E-state index >= 15 is 0 Å². The number of amides is 1. The summed E-state index contributed by atoms with van der Waals surface area (Å²) >= 11 is 0. The molecule has 0 unspecified atom stereocenters. The lowest BCUT2D eigenvalue weighted by Crippen LogP contribution is -2.44. The number of benzene rings is 1. The van der Waals surface area contributed by atoms with Crippen LogP contribution in [0.4, 0.5) is 0 Å². The summed E-state index contributed by atoms with van der Waals surface area (Å²) in [5.41, 5.74) is 4.80. The number of piperidine rings is 1. The smallest absolute Gasteiger partial charge is 0.224 e. The van der Waals surface area contributed by atoms with E-state index in [4.69, 9.17) is 14.6 Å². The molecular weight excluding hydrogens is 380 g/mol. The lowest BCUT2D eigenvalue weighted by Gasteiger charge is -2.32. The summed E-state index contributed by atoms with van der Waals surface area (Å²) in [6.07, 6.45) is 3.31. The van der Waals surface area contributed by atoms with Crippen LogP contribution in [0, 0.1) is 0 Å². The van der Waals surface area contributed by atoms with Gasteiger partial charge in [0.1, 0.15) is 5.75 Å². The summed E-state index contributed by atoms with van der Waals surface area (Å²) in [7, 11) is 1.64. The summed E-state index contributed by atoms with van der Waals surface area (Å²) < 4.78 is 13.0. The minimum atomic E-state index is 0.0894. The number of carbonyl (C=O) groups is 1. The van der Waals surface area contributed by atoms with Gasteiger partial charge in [0.15, 0.2) is 0 Å². The van der Waals surface area contributed by atoms with Crippen LogP contribution in [-0.4, -0.2) is 53.4 Å². The van der Waals surface area contributed by atoms with Crippen LogP contribution in [0.3, 0.4) is 0 Å². The molecular formula is C23H32N4O3. The molecule has 1 fully saturated rings. The monoisotopic (exact) mass is 412 g/mol. The fourth-order valence-electron chi connectivity index (χ4n) is 4.42. The Bertz CT molecular complexity index is 854. The molecule has 0 atom stereocenters. The summed E-state index contributed by atoms with van der Waals surface area (Å²) in [4.78, 5) is 14.9. The number of hydrogen-bond donors (Lipinski definition) is 1. The van der Waals surface area contributed by atoms with Crippen LogP contribution in [0.5, 0.6) is 5.75 Å². The van der Waals surface area contributed by atoms with Gasteiger partial charge in [0.05, 0.1) is 32.4 Å². The molecule has 1 amide bonds. The van der Waals surface area contributed by atoms with Crippen LogP contribution in [0.25, 0.3) is 0 Å². The van der Waals surface area contributed by atoms with E-state index in [0.29, 0.717) is 13.0 Å².